The maximum absolute atomic E-state index is 15.3. The molecule has 5 N–H and O–H groups in total. The number of ether oxygens (including phenoxy) is 2. The van der Waals surface area contributed by atoms with E-state index in [4.69, 9.17) is 26.4 Å². The van der Waals surface area contributed by atoms with Gasteiger partial charge in [-0.1, -0.05) is 24.3 Å². The predicted molar refractivity (Wildman–Crippen MR) is 113 cm³/mol. The molecule has 1 unspecified atom stereocenters. The number of carbonyl (C=O) groups is 1. The van der Waals surface area contributed by atoms with Crippen LogP contribution < -0.4 is 11.5 Å². The van der Waals surface area contributed by atoms with Gasteiger partial charge < -0.3 is 20.9 Å². The average Bonchev–Trinajstić information content (AvgIpc) is 2.74. The van der Waals surface area contributed by atoms with Crippen molar-refractivity contribution in [1.29, 1.82) is 5.41 Å². The fraction of sp³-hybridized carbons (Fsp3) is 0.391. The second kappa shape index (κ2) is 9.53. The van der Waals surface area contributed by atoms with Gasteiger partial charge in [-0.25, -0.2) is 8.78 Å². The molecule has 1 aliphatic heterocycles. The van der Waals surface area contributed by atoms with Gasteiger partial charge >= 0.3 is 0 Å². The first-order valence-electron chi connectivity index (χ1n) is 10.2. The van der Waals surface area contributed by atoms with Crippen LogP contribution in [-0.2, 0) is 26.3 Å². The normalized spacial score (nSPS) is 16.6. The van der Waals surface area contributed by atoms with Crippen LogP contribution in [0.15, 0.2) is 36.4 Å². The topological polar surface area (TPSA) is 111 Å². The number of halogens is 2. The minimum atomic E-state index is -2.02. The summed E-state index contributed by atoms with van der Waals surface area (Å²) in [7, 11) is 0. The van der Waals surface area contributed by atoms with Crippen molar-refractivity contribution >= 4 is 11.7 Å². The number of primary amides is 1. The van der Waals surface area contributed by atoms with Crippen LogP contribution >= 0.6 is 0 Å². The molecule has 1 aliphatic rings. The molecule has 0 bridgehead atoms. The van der Waals surface area contributed by atoms with Gasteiger partial charge in [-0.15, -0.1) is 0 Å². The van der Waals surface area contributed by atoms with E-state index in [1.165, 1.54) is 12.1 Å². The molecule has 2 aromatic carbocycles. The summed E-state index contributed by atoms with van der Waals surface area (Å²) in [5.74, 6) is -2.84. The highest BCUT2D eigenvalue weighted by molar-refractivity contribution is 5.95. The van der Waals surface area contributed by atoms with E-state index in [1.807, 2.05) is 0 Å². The van der Waals surface area contributed by atoms with Crippen molar-refractivity contribution in [3.05, 3.63) is 70.3 Å². The summed E-state index contributed by atoms with van der Waals surface area (Å²) in [5, 5.41) is 7.49. The first-order chi connectivity index (χ1) is 14.8. The Hall–Kier alpha value is -2.84. The number of amidine groups is 1. The summed E-state index contributed by atoms with van der Waals surface area (Å²) in [4.78, 5) is 12.6. The van der Waals surface area contributed by atoms with Gasteiger partial charge in [-0.3, -0.25) is 10.2 Å². The summed E-state index contributed by atoms with van der Waals surface area (Å²) >= 11 is 0. The second-order valence-electron chi connectivity index (χ2n) is 7.66. The molecule has 1 amide bonds. The van der Waals surface area contributed by atoms with Crippen molar-refractivity contribution in [3.8, 4) is 0 Å². The lowest BCUT2D eigenvalue weighted by molar-refractivity contribution is -0.145. The minimum Gasteiger partial charge on any atom is -0.384 e. The molecule has 1 heterocycles. The number of nitrogens with one attached hydrogen (secondary N) is 1. The van der Waals surface area contributed by atoms with Crippen LogP contribution in [0.5, 0.6) is 0 Å². The van der Waals surface area contributed by atoms with Gasteiger partial charge in [0.25, 0.3) is 5.91 Å². The Morgan fingerprint density at radius 2 is 1.74 bits per heavy atom. The van der Waals surface area contributed by atoms with Gasteiger partial charge in [0.15, 0.2) is 5.60 Å². The second-order valence-corrected chi connectivity index (χ2v) is 7.66. The number of benzene rings is 2. The third-order valence-electron chi connectivity index (χ3n) is 5.67. The van der Waals surface area contributed by atoms with E-state index in [0.29, 0.717) is 42.7 Å². The number of hydrogen-bond donors (Lipinski definition) is 3. The van der Waals surface area contributed by atoms with Gasteiger partial charge in [0.1, 0.15) is 17.5 Å². The fourth-order valence-electron chi connectivity index (χ4n) is 4.07. The summed E-state index contributed by atoms with van der Waals surface area (Å²) in [6, 6.07) is 8.97. The zero-order valence-corrected chi connectivity index (χ0v) is 17.4. The van der Waals surface area contributed by atoms with Crippen molar-refractivity contribution < 1.29 is 23.0 Å². The molecule has 1 fully saturated rings. The highest BCUT2D eigenvalue weighted by atomic mass is 19.1. The number of nitrogen functional groups attached to an aromatic ring is 1. The molecule has 1 atom stereocenters. The predicted octanol–water partition coefficient (Wildman–Crippen LogP) is 3.10. The van der Waals surface area contributed by atoms with Crippen molar-refractivity contribution in [1.82, 2.24) is 0 Å². The Kier molecular flexibility index (Phi) is 7.02. The van der Waals surface area contributed by atoms with Crippen molar-refractivity contribution in [2.45, 2.75) is 37.7 Å². The van der Waals surface area contributed by atoms with Crippen LogP contribution in [0.25, 0.3) is 0 Å². The molecule has 166 valence electrons. The van der Waals surface area contributed by atoms with E-state index in [2.05, 4.69) is 0 Å². The Morgan fingerprint density at radius 3 is 2.23 bits per heavy atom. The Morgan fingerprint density at radius 1 is 1.16 bits per heavy atom. The van der Waals surface area contributed by atoms with E-state index in [1.54, 1.807) is 31.2 Å². The maximum atomic E-state index is 15.3. The maximum Gasteiger partial charge on any atom is 0.254 e. The number of rotatable bonds is 8. The first-order valence-corrected chi connectivity index (χ1v) is 10.2. The Bertz CT molecular complexity index is 936. The lowest BCUT2D eigenvalue weighted by atomic mass is 9.83. The summed E-state index contributed by atoms with van der Waals surface area (Å²) in [6.07, 6.45) is 1.18. The summed E-state index contributed by atoms with van der Waals surface area (Å²) in [6.45, 7) is 2.73. The zero-order chi connectivity index (χ0) is 22.6. The largest absolute Gasteiger partial charge is 0.384 e. The monoisotopic (exact) mass is 431 g/mol. The summed E-state index contributed by atoms with van der Waals surface area (Å²) in [5.41, 5.74) is 10.2. The van der Waals surface area contributed by atoms with Crippen molar-refractivity contribution in [2.75, 3.05) is 19.8 Å². The molecule has 8 heteroatoms. The third kappa shape index (κ3) is 4.75. The molecule has 0 aromatic heterocycles. The fourth-order valence-corrected chi connectivity index (χ4v) is 4.07. The molecular weight excluding hydrogens is 404 g/mol. The smallest absolute Gasteiger partial charge is 0.254 e. The number of nitrogens with two attached hydrogens (primary N) is 2. The average molecular weight is 431 g/mol. The number of carbonyl (C=O) groups excluding carboxylic acids is 1. The van der Waals surface area contributed by atoms with Crippen LogP contribution in [0.1, 0.15) is 47.9 Å². The molecule has 6 nitrogen and oxygen atoms in total. The molecule has 2 aromatic rings. The Labute approximate surface area is 180 Å². The first kappa shape index (κ1) is 22.8. The van der Waals surface area contributed by atoms with Crippen LogP contribution in [0.4, 0.5) is 8.78 Å². The molecule has 1 saturated heterocycles. The van der Waals surface area contributed by atoms with Gasteiger partial charge in [0.2, 0.25) is 0 Å². The lowest BCUT2D eigenvalue weighted by Crippen LogP contribution is -2.47. The molecule has 0 saturated carbocycles. The van der Waals surface area contributed by atoms with Crippen LogP contribution in [0, 0.1) is 17.0 Å². The number of hydrogen-bond acceptors (Lipinski definition) is 4. The summed E-state index contributed by atoms with van der Waals surface area (Å²) < 4.78 is 41.6. The molecule has 0 aliphatic carbocycles. The van der Waals surface area contributed by atoms with E-state index in [9.17, 15) is 4.79 Å². The SMILES string of the molecule is CCOC(Cc1ccc(C(=N)N)cc1)(C(N)=O)c1c(F)cc(C2CCOCC2)cc1F. The third-order valence-corrected chi connectivity index (χ3v) is 5.67. The van der Waals surface area contributed by atoms with Crippen LogP contribution in [0.3, 0.4) is 0 Å². The zero-order valence-electron chi connectivity index (χ0n) is 17.4. The Balaban J connectivity index is 2.05. The molecular formula is C23H27F2N3O3. The number of amides is 1. The van der Waals surface area contributed by atoms with E-state index in [0.717, 1.165) is 0 Å². The van der Waals surface area contributed by atoms with E-state index in [-0.39, 0.29) is 24.8 Å². The standard InChI is InChI=1S/C23H27F2N3O3/c1-2-31-23(22(28)29,13-14-3-5-16(6-4-14)21(26)27)20-18(24)11-17(12-19(20)25)15-7-9-30-10-8-15/h3-6,11-12,15H,2,7-10,13H2,1H3,(H3,26,27)(H2,28,29). The quantitative estimate of drug-likeness (QED) is 0.440. The molecule has 31 heavy (non-hydrogen) atoms. The molecule has 0 radical (unpaired) electrons. The van der Waals surface area contributed by atoms with Crippen LogP contribution in [0.2, 0.25) is 0 Å². The minimum absolute atomic E-state index is 0.0130. The van der Waals surface area contributed by atoms with Crippen LogP contribution in [-0.4, -0.2) is 31.6 Å². The van der Waals surface area contributed by atoms with Gasteiger partial charge in [-0.05, 0) is 48.9 Å². The van der Waals surface area contributed by atoms with Gasteiger partial charge in [0, 0.05) is 31.8 Å². The highest BCUT2D eigenvalue weighted by Crippen LogP contribution is 2.37. The van der Waals surface area contributed by atoms with Gasteiger partial charge in [0.05, 0.1) is 5.56 Å². The van der Waals surface area contributed by atoms with Crippen molar-refractivity contribution in [2.24, 2.45) is 11.5 Å². The lowest BCUT2D eigenvalue weighted by Gasteiger charge is -2.32. The molecule has 0 spiro atoms. The highest BCUT2D eigenvalue weighted by Gasteiger charge is 2.44. The van der Waals surface area contributed by atoms with Crippen molar-refractivity contribution in [3.63, 3.8) is 0 Å². The van der Waals surface area contributed by atoms with E-state index < -0.39 is 28.7 Å². The molecule has 3 rings (SSSR count). The van der Waals surface area contributed by atoms with Gasteiger partial charge in [-0.2, -0.15) is 0 Å². The van der Waals surface area contributed by atoms with E-state index >= 15 is 8.78 Å².